The SMILES string of the molecule is O=C(O)c1cc(C(=O)C2C3C4CCC(C4)C23)c[nH]1. The van der Waals surface area contributed by atoms with Crippen LogP contribution in [-0.4, -0.2) is 21.8 Å². The molecule has 1 aromatic rings. The third-order valence-electron chi connectivity index (χ3n) is 5.24. The number of nitrogens with one attached hydrogen (secondary N) is 1. The Balaban J connectivity index is 1.56. The number of hydrogen-bond acceptors (Lipinski definition) is 2. The third-order valence-corrected chi connectivity index (χ3v) is 5.24. The number of aromatic carboxylic acids is 1. The summed E-state index contributed by atoms with van der Waals surface area (Å²) in [5, 5.41) is 8.85. The van der Waals surface area contributed by atoms with Gasteiger partial charge in [-0.05, 0) is 49.0 Å². The lowest BCUT2D eigenvalue weighted by Crippen LogP contribution is -2.09. The maximum atomic E-state index is 12.4. The monoisotopic (exact) mass is 245 g/mol. The van der Waals surface area contributed by atoms with Crippen molar-refractivity contribution < 1.29 is 14.7 Å². The molecule has 0 aromatic carbocycles. The third kappa shape index (κ3) is 1.21. The van der Waals surface area contributed by atoms with Crippen molar-refractivity contribution in [2.24, 2.45) is 29.6 Å². The molecule has 1 heterocycles. The van der Waals surface area contributed by atoms with E-state index >= 15 is 0 Å². The van der Waals surface area contributed by atoms with Crippen molar-refractivity contribution in [2.75, 3.05) is 0 Å². The minimum Gasteiger partial charge on any atom is -0.477 e. The Morgan fingerprint density at radius 3 is 2.44 bits per heavy atom. The van der Waals surface area contributed by atoms with Crippen LogP contribution in [0.4, 0.5) is 0 Å². The van der Waals surface area contributed by atoms with Crippen molar-refractivity contribution in [3.05, 3.63) is 23.5 Å². The van der Waals surface area contributed by atoms with Crippen molar-refractivity contribution in [1.29, 1.82) is 0 Å². The Morgan fingerprint density at radius 2 is 1.89 bits per heavy atom. The molecule has 0 spiro atoms. The number of Topliss-reactive ketones (excluding diaryl/α,β-unsaturated/α-hetero) is 1. The number of H-pyrrole nitrogens is 1. The number of hydrogen-bond donors (Lipinski definition) is 2. The molecular formula is C14H15NO3. The van der Waals surface area contributed by atoms with Gasteiger partial charge in [-0.25, -0.2) is 4.79 Å². The van der Waals surface area contributed by atoms with Gasteiger partial charge in [0.15, 0.2) is 5.78 Å². The van der Waals surface area contributed by atoms with Crippen LogP contribution in [0.2, 0.25) is 0 Å². The normalized spacial score (nSPS) is 39.7. The van der Waals surface area contributed by atoms with E-state index in [1.54, 1.807) is 6.20 Å². The predicted molar refractivity (Wildman–Crippen MR) is 63.4 cm³/mol. The van der Waals surface area contributed by atoms with Crippen LogP contribution in [0.1, 0.15) is 40.1 Å². The molecule has 3 aliphatic carbocycles. The molecule has 3 aliphatic rings. The highest BCUT2D eigenvalue weighted by Crippen LogP contribution is 2.69. The molecule has 4 rings (SSSR count). The number of carboxylic acid groups (broad SMARTS) is 1. The molecule has 1 aromatic heterocycles. The number of carboxylic acids is 1. The first-order chi connectivity index (χ1) is 8.66. The molecule has 18 heavy (non-hydrogen) atoms. The molecule has 2 bridgehead atoms. The number of fused-ring (bicyclic) bond motifs is 5. The zero-order valence-electron chi connectivity index (χ0n) is 9.93. The summed E-state index contributed by atoms with van der Waals surface area (Å²) in [6.45, 7) is 0. The van der Waals surface area contributed by atoms with E-state index in [9.17, 15) is 9.59 Å². The van der Waals surface area contributed by atoms with Gasteiger partial charge in [0, 0.05) is 17.7 Å². The summed E-state index contributed by atoms with van der Waals surface area (Å²) in [6.07, 6.45) is 5.46. The molecule has 0 amide bonds. The topological polar surface area (TPSA) is 70.2 Å². The molecule has 0 radical (unpaired) electrons. The molecule has 94 valence electrons. The zero-order valence-corrected chi connectivity index (χ0v) is 9.93. The van der Waals surface area contributed by atoms with Crippen LogP contribution in [0.15, 0.2) is 12.3 Å². The van der Waals surface area contributed by atoms with Gasteiger partial charge in [0.1, 0.15) is 5.69 Å². The first-order valence-electron chi connectivity index (χ1n) is 6.62. The van der Waals surface area contributed by atoms with Crippen molar-refractivity contribution in [2.45, 2.75) is 19.3 Å². The maximum absolute atomic E-state index is 12.4. The Labute approximate surface area is 104 Å². The quantitative estimate of drug-likeness (QED) is 0.802. The first kappa shape index (κ1) is 10.4. The van der Waals surface area contributed by atoms with Gasteiger partial charge in [0.25, 0.3) is 0 Å². The fourth-order valence-corrected chi connectivity index (χ4v) is 4.53. The second-order valence-corrected chi connectivity index (χ2v) is 5.99. The predicted octanol–water partition coefficient (Wildman–Crippen LogP) is 2.19. The molecule has 3 fully saturated rings. The van der Waals surface area contributed by atoms with Crippen LogP contribution in [0.5, 0.6) is 0 Å². The molecule has 4 unspecified atom stereocenters. The van der Waals surface area contributed by atoms with E-state index in [0.717, 1.165) is 11.8 Å². The van der Waals surface area contributed by atoms with Crippen LogP contribution in [0.3, 0.4) is 0 Å². The summed E-state index contributed by atoms with van der Waals surface area (Å²) < 4.78 is 0. The van der Waals surface area contributed by atoms with Crippen LogP contribution in [-0.2, 0) is 0 Å². The second-order valence-electron chi connectivity index (χ2n) is 5.99. The lowest BCUT2D eigenvalue weighted by Gasteiger charge is -2.06. The van der Waals surface area contributed by atoms with E-state index < -0.39 is 5.97 Å². The number of aromatic amines is 1. The van der Waals surface area contributed by atoms with E-state index in [4.69, 9.17) is 5.11 Å². The number of ketones is 1. The van der Waals surface area contributed by atoms with Gasteiger partial charge in [-0.1, -0.05) is 0 Å². The molecular weight excluding hydrogens is 230 g/mol. The number of carbonyl (C=O) groups excluding carboxylic acids is 1. The minimum atomic E-state index is -1.01. The van der Waals surface area contributed by atoms with Gasteiger partial charge >= 0.3 is 5.97 Å². The van der Waals surface area contributed by atoms with E-state index in [0.29, 0.717) is 17.4 Å². The summed E-state index contributed by atoms with van der Waals surface area (Å²) in [5.41, 5.74) is 0.651. The minimum absolute atomic E-state index is 0.104. The molecule has 4 heteroatoms. The van der Waals surface area contributed by atoms with Crippen LogP contribution in [0, 0.1) is 29.6 Å². The smallest absolute Gasteiger partial charge is 0.352 e. The van der Waals surface area contributed by atoms with E-state index in [2.05, 4.69) is 4.98 Å². The Morgan fingerprint density at radius 1 is 1.22 bits per heavy atom. The summed E-state index contributed by atoms with van der Waals surface area (Å²) in [4.78, 5) is 25.8. The average molecular weight is 245 g/mol. The van der Waals surface area contributed by atoms with E-state index in [1.807, 2.05) is 0 Å². The van der Waals surface area contributed by atoms with Crippen LogP contribution >= 0.6 is 0 Å². The Bertz CT molecular complexity index is 531. The van der Waals surface area contributed by atoms with Crippen molar-refractivity contribution >= 4 is 11.8 Å². The summed E-state index contributed by atoms with van der Waals surface area (Å²) in [6, 6.07) is 1.47. The molecule has 2 N–H and O–H groups in total. The van der Waals surface area contributed by atoms with E-state index in [1.165, 1.54) is 25.3 Å². The number of rotatable bonds is 3. The van der Waals surface area contributed by atoms with Crippen molar-refractivity contribution in [3.63, 3.8) is 0 Å². The van der Waals surface area contributed by atoms with Gasteiger partial charge in [-0.15, -0.1) is 0 Å². The van der Waals surface area contributed by atoms with Gasteiger partial charge < -0.3 is 10.1 Å². The van der Waals surface area contributed by atoms with Crippen LogP contribution in [0.25, 0.3) is 0 Å². The van der Waals surface area contributed by atoms with Gasteiger partial charge in [-0.3, -0.25) is 4.79 Å². The molecule has 3 saturated carbocycles. The highest BCUT2D eigenvalue weighted by atomic mass is 16.4. The van der Waals surface area contributed by atoms with E-state index in [-0.39, 0.29) is 17.4 Å². The summed E-state index contributed by atoms with van der Waals surface area (Å²) in [7, 11) is 0. The molecule has 0 saturated heterocycles. The van der Waals surface area contributed by atoms with Crippen LogP contribution < -0.4 is 0 Å². The number of carbonyl (C=O) groups is 2. The largest absolute Gasteiger partial charge is 0.477 e. The Hall–Kier alpha value is -1.58. The highest BCUT2D eigenvalue weighted by Gasteiger charge is 2.67. The van der Waals surface area contributed by atoms with Crippen molar-refractivity contribution in [1.82, 2.24) is 4.98 Å². The first-order valence-corrected chi connectivity index (χ1v) is 6.62. The molecule has 0 aliphatic heterocycles. The second kappa shape index (κ2) is 3.25. The summed E-state index contributed by atoms with van der Waals surface area (Å²) >= 11 is 0. The maximum Gasteiger partial charge on any atom is 0.352 e. The standard InChI is InChI=1S/C14H15NO3/c16-13(8-4-9(14(17)18)15-5-8)12-10-6-1-2-7(3-6)11(10)12/h4-7,10-12,15H,1-3H2,(H,17,18). The van der Waals surface area contributed by atoms with Gasteiger partial charge in [0.05, 0.1) is 0 Å². The lowest BCUT2D eigenvalue weighted by atomic mass is 9.97. The fraction of sp³-hybridized carbons (Fsp3) is 0.571. The zero-order chi connectivity index (χ0) is 12.4. The number of aromatic nitrogens is 1. The fourth-order valence-electron chi connectivity index (χ4n) is 4.53. The lowest BCUT2D eigenvalue weighted by molar-refractivity contribution is 0.0691. The van der Waals surface area contributed by atoms with Gasteiger partial charge in [0.2, 0.25) is 0 Å². The van der Waals surface area contributed by atoms with Crippen molar-refractivity contribution in [3.8, 4) is 0 Å². The highest BCUT2D eigenvalue weighted by molar-refractivity contribution is 6.02. The molecule has 4 nitrogen and oxygen atoms in total. The average Bonchev–Trinajstić information content (AvgIpc) is 2.79. The van der Waals surface area contributed by atoms with Gasteiger partial charge in [-0.2, -0.15) is 0 Å². The summed E-state index contributed by atoms with van der Waals surface area (Å²) in [5.74, 6) is 2.10. The Kier molecular flexibility index (Phi) is 1.87. The molecule has 4 atom stereocenters.